The monoisotopic (exact) mass is 418 g/mol. The van der Waals surface area contributed by atoms with Crippen LogP contribution < -0.4 is 10.6 Å². The predicted molar refractivity (Wildman–Crippen MR) is 87.7 cm³/mol. The average molecular weight is 418 g/mol. The number of hydrogen-bond acceptors (Lipinski definition) is 3. The molecule has 1 aliphatic heterocycles. The van der Waals surface area contributed by atoms with Gasteiger partial charge in [-0.2, -0.15) is 26.3 Å². The Labute approximate surface area is 159 Å². The number of carbonyl (C=O) groups excluding carboxylic acids is 2. The fraction of sp³-hybridized carbons (Fsp3) is 0.222. The molecule has 2 unspecified atom stereocenters. The Hall–Kier alpha value is -3.08. The number of nitrogens with one attached hydrogen (secondary N) is 2. The third-order valence-electron chi connectivity index (χ3n) is 4.26. The summed E-state index contributed by atoms with van der Waals surface area (Å²) >= 11 is 0. The smallest absolute Gasteiger partial charge is 0.386 e. The van der Waals surface area contributed by atoms with Crippen LogP contribution in [0.15, 0.2) is 42.5 Å². The summed E-state index contributed by atoms with van der Waals surface area (Å²) in [5.74, 6) is -1.89. The molecule has 154 valence electrons. The van der Waals surface area contributed by atoms with Crippen LogP contribution in [0.3, 0.4) is 0 Å². The van der Waals surface area contributed by atoms with Gasteiger partial charge in [-0.25, -0.2) is 0 Å². The first-order valence-electron chi connectivity index (χ1n) is 8.06. The molecule has 2 atom stereocenters. The highest BCUT2D eigenvalue weighted by Gasteiger charge is 2.39. The number of hydrogen-bond donors (Lipinski definition) is 3. The van der Waals surface area contributed by atoms with Crippen LogP contribution in [-0.2, 0) is 17.1 Å². The topological polar surface area (TPSA) is 78.4 Å². The summed E-state index contributed by atoms with van der Waals surface area (Å²) in [5, 5.41) is 14.4. The van der Waals surface area contributed by atoms with Crippen LogP contribution in [-0.4, -0.2) is 23.0 Å². The molecular weight excluding hydrogens is 406 g/mol. The van der Waals surface area contributed by atoms with Gasteiger partial charge in [-0.05, 0) is 29.8 Å². The second-order valence-electron chi connectivity index (χ2n) is 6.27. The van der Waals surface area contributed by atoms with E-state index in [9.17, 15) is 41.0 Å². The van der Waals surface area contributed by atoms with Crippen molar-refractivity contribution in [2.45, 2.75) is 24.5 Å². The lowest BCUT2D eigenvalue weighted by Crippen LogP contribution is -2.51. The molecule has 0 radical (unpaired) electrons. The number of fused-ring (bicyclic) bond motifs is 1. The first-order chi connectivity index (χ1) is 13.4. The van der Waals surface area contributed by atoms with Gasteiger partial charge in [0, 0.05) is 11.3 Å². The maximum atomic E-state index is 12.9. The van der Waals surface area contributed by atoms with E-state index in [0.29, 0.717) is 12.1 Å². The second-order valence-corrected chi connectivity index (χ2v) is 6.27. The van der Waals surface area contributed by atoms with Crippen LogP contribution in [0.4, 0.5) is 32.0 Å². The van der Waals surface area contributed by atoms with Gasteiger partial charge in [0.25, 0.3) is 5.91 Å². The molecule has 3 rings (SSSR count). The first-order valence-corrected chi connectivity index (χ1v) is 8.06. The summed E-state index contributed by atoms with van der Waals surface area (Å²) in [6.45, 7) is 0. The van der Waals surface area contributed by atoms with Gasteiger partial charge in [0.05, 0.1) is 11.1 Å². The molecule has 1 aliphatic rings. The van der Waals surface area contributed by atoms with E-state index in [0.717, 1.165) is 0 Å². The highest BCUT2D eigenvalue weighted by molar-refractivity contribution is 6.04. The quantitative estimate of drug-likeness (QED) is 0.654. The van der Waals surface area contributed by atoms with E-state index in [1.807, 2.05) is 5.32 Å². The zero-order chi connectivity index (χ0) is 21.6. The standard InChI is InChI=1S/C18H12F6N2O3/c19-17(20,21)8-5-9(18(22,23)24)7-10(6-8)25-16(29)13-14(27)11-3-1-2-4-12(11)15(28)26-13/h1-7,13-14,27H,(H,25,29)(H,26,28). The van der Waals surface area contributed by atoms with Gasteiger partial charge in [0.15, 0.2) is 0 Å². The van der Waals surface area contributed by atoms with E-state index < -0.39 is 53.1 Å². The lowest BCUT2D eigenvalue weighted by Gasteiger charge is -2.29. The van der Waals surface area contributed by atoms with Crippen molar-refractivity contribution in [3.05, 3.63) is 64.7 Å². The van der Waals surface area contributed by atoms with Crippen molar-refractivity contribution in [1.82, 2.24) is 5.32 Å². The van der Waals surface area contributed by atoms with Crippen molar-refractivity contribution < 1.29 is 41.0 Å². The van der Waals surface area contributed by atoms with E-state index in [1.54, 1.807) is 0 Å². The van der Waals surface area contributed by atoms with Crippen LogP contribution in [0.1, 0.15) is 33.2 Å². The molecule has 0 aromatic heterocycles. The summed E-state index contributed by atoms with van der Waals surface area (Å²) in [4.78, 5) is 24.5. The van der Waals surface area contributed by atoms with E-state index in [-0.39, 0.29) is 17.2 Å². The number of aliphatic hydroxyl groups is 1. The lowest BCUT2D eigenvalue weighted by molar-refractivity contribution is -0.143. The molecule has 0 spiro atoms. The number of rotatable bonds is 2. The van der Waals surface area contributed by atoms with Crippen LogP contribution in [0.5, 0.6) is 0 Å². The third-order valence-corrected chi connectivity index (χ3v) is 4.26. The summed E-state index contributed by atoms with van der Waals surface area (Å²) in [7, 11) is 0. The second kappa shape index (κ2) is 7.07. The zero-order valence-corrected chi connectivity index (χ0v) is 14.2. The molecule has 1 heterocycles. The van der Waals surface area contributed by atoms with Crippen LogP contribution in [0, 0.1) is 0 Å². The fourth-order valence-electron chi connectivity index (χ4n) is 2.90. The van der Waals surface area contributed by atoms with Crippen LogP contribution >= 0.6 is 0 Å². The van der Waals surface area contributed by atoms with Gasteiger partial charge < -0.3 is 15.7 Å². The Bertz CT molecular complexity index is 939. The highest BCUT2D eigenvalue weighted by atomic mass is 19.4. The van der Waals surface area contributed by atoms with Gasteiger partial charge in [-0.1, -0.05) is 18.2 Å². The van der Waals surface area contributed by atoms with Crippen molar-refractivity contribution in [1.29, 1.82) is 0 Å². The van der Waals surface area contributed by atoms with Crippen molar-refractivity contribution >= 4 is 17.5 Å². The van der Waals surface area contributed by atoms with Gasteiger partial charge in [0.1, 0.15) is 12.1 Å². The summed E-state index contributed by atoms with van der Waals surface area (Å²) in [5.41, 5.74) is -3.79. The third kappa shape index (κ3) is 4.19. The fourth-order valence-corrected chi connectivity index (χ4v) is 2.90. The molecule has 2 aromatic rings. The van der Waals surface area contributed by atoms with Crippen molar-refractivity contribution in [2.75, 3.05) is 5.32 Å². The SMILES string of the molecule is O=C1NC(C(=O)Nc2cc(C(F)(F)F)cc(C(F)(F)F)c2)C(O)c2ccccc21. The first kappa shape index (κ1) is 20.6. The maximum Gasteiger partial charge on any atom is 0.416 e. The van der Waals surface area contributed by atoms with E-state index in [2.05, 4.69) is 5.32 Å². The molecule has 0 fully saturated rings. The molecule has 0 saturated carbocycles. The minimum Gasteiger partial charge on any atom is -0.386 e. The Morgan fingerprint density at radius 1 is 0.966 bits per heavy atom. The minimum absolute atomic E-state index is 0.0802. The number of amides is 2. The van der Waals surface area contributed by atoms with Gasteiger partial charge >= 0.3 is 12.4 Å². The lowest BCUT2D eigenvalue weighted by atomic mass is 9.92. The number of benzene rings is 2. The van der Waals surface area contributed by atoms with Gasteiger partial charge in [-0.15, -0.1) is 0 Å². The predicted octanol–water partition coefficient (Wildman–Crippen LogP) is 3.51. The molecule has 2 aromatic carbocycles. The Kier molecular flexibility index (Phi) is 5.03. The van der Waals surface area contributed by atoms with Crippen LogP contribution in [0.2, 0.25) is 0 Å². The summed E-state index contributed by atoms with van der Waals surface area (Å²) < 4.78 is 77.6. The van der Waals surface area contributed by atoms with Gasteiger partial charge in [0.2, 0.25) is 5.91 Å². The molecule has 0 bridgehead atoms. The Morgan fingerprint density at radius 3 is 2.07 bits per heavy atom. The molecule has 0 aliphatic carbocycles. The molecule has 2 amide bonds. The van der Waals surface area contributed by atoms with Crippen LogP contribution in [0.25, 0.3) is 0 Å². The Balaban J connectivity index is 1.92. The maximum absolute atomic E-state index is 12.9. The van der Waals surface area contributed by atoms with Crippen molar-refractivity contribution in [3.8, 4) is 0 Å². The molecule has 3 N–H and O–H groups in total. The minimum atomic E-state index is -5.09. The summed E-state index contributed by atoms with van der Waals surface area (Å²) in [6.07, 6.45) is -11.7. The Morgan fingerprint density at radius 2 is 1.52 bits per heavy atom. The van der Waals surface area contributed by atoms with Crippen molar-refractivity contribution in [2.24, 2.45) is 0 Å². The number of alkyl halides is 6. The zero-order valence-electron chi connectivity index (χ0n) is 14.2. The van der Waals surface area contributed by atoms with E-state index >= 15 is 0 Å². The normalized spacial score (nSPS) is 19.3. The largest absolute Gasteiger partial charge is 0.416 e. The van der Waals surface area contributed by atoms with Crippen molar-refractivity contribution in [3.63, 3.8) is 0 Å². The number of anilines is 1. The molecule has 0 saturated heterocycles. The number of carbonyl (C=O) groups is 2. The number of halogens is 6. The van der Waals surface area contributed by atoms with E-state index in [1.165, 1.54) is 24.3 Å². The van der Waals surface area contributed by atoms with Gasteiger partial charge in [-0.3, -0.25) is 9.59 Å². The summed E-state index contributed by atoms with van der Waals surface area (Å²) in [6, 6.07) is 4.76. The van der Waals surface area contributed by atoms with E-state index in [4.69, 9.17) is 0 Å². The molecule has 5 nitrogen and oxygen atoms in total. The molecule has 29 heavy (non-hydrogen) atoms. The number of aliphatic hydroxyl groups excluding tert-OH is 1. The molecule has 11 heteroatoms. The molecular formula is C18H12F6N2O3. The highest BCUT2D eigenvalue weighted by Crippen LogP contribution is 2.37. The average Bonchev–Trinajstić information content (AvgIpc) is 2.63.